The second-order valence-corrected chi connectivity index (χ2v) is 3.41. The topological polar surface area (TPSA) is 20.2 Å². The SMILES string of the molecule is CCCCCCCC=C(C)CO. The zero-order valence-corrected chi connectivity index (χ0v) is 8.47. The van der Waals surface area contributed by atoms with Gasteiger partial charge >= 0.3 is 0 Å². The Morgan fingerprint density at radius 1 is 1.17 bits per heavy atom. The third kappa shape index (κ3) is 7.80. The molecule has 0 atom stereocenters. The van der Waals surface area contributed by atoms with Gasteiger partial charge < -0.3 is 5.11 Å². The van der Waals surface area contributed by atoms with Crippen molar-refractivity contribution in [2.24, 2.45) is 0 Å². The van der Waals surface area contributed by atoms with Crippen LogP contribution in [-0.4, -0.2) is 11.7 Å². The lowest BCUT2D eigenvalue weighted by Crippen LogP contribution is -1.83. The van der Waals surface area contributed by atoms with Gasteiger partial charge in [0.15, 0.2) is 0 Å². The highest BCUT2D eigenvalue weighted by Gasteiger charge is 1.88. The summed E-state index contributed by atoms with van der Waals surface area (Å²) in [6.07, 6.45) is 9.93. The fraction of sp³-hybridized carbons (Fsp3) is 0.818. The van der Waals surface area contributed by atoms with Gasteiger partial charge in [-0.15, -0.1) is 0 Å². The molecule has 0 aromatic heterocycles. The van der Waals surface area contributed by atoms with Crippen molar-refractivity contribution in [2.75, 3.05) is 6.61 Å². The van der Waals surface area contributed by atoms with E-state index >= 15 is 0 Å². The summed E-state index contributed by atoms with van der Waals surface area (Å²) in [4.78, 5) is 0. The van der Waals surface area contributed by atoms with Gasteiger partial charge in [0.25, 0.3) is 0 Å². The van der Waals surface area contributed by atoms with Gasteiger partial charge in [-0.3, -0.25) is 0 Å². The van der Waals surface area contributed by atoms with E-state index in [9.17, 15) is 0 Å². The van der Waals surface area contributed by atoms with Crippen LogP contribution in [0.5, 0.6) is 0 Å². The number of aliphatic hydroxyl groups is 1. The fourth-order valence-corrected chi connectivity index (χ4v) is 1.16. The first-order chi connectivity index (χ1) is 5.81. The maximum Gasteiger partial charge on any atom is 0.0639 e. The molecule has 0 saturated heterocycles. The van der Waals surface area contributed by atoms with E-state index in [1.165, 1.54) is 32.1 Å². The molecule has 1 heteroatoms. The Bertz CT molecular complexity index is 116. The summed E-state index contributed by atoms with van der Waals surface area (Å²) in [5, 5.41) is 8.71. The van der Waals surface area contributed by atoms with E-state index in [1.807, 2.05) is 6.92 Å². The Labute approximate surface area is 76.5 Å². The average Bonchev–Trinajstić information content (AvgIpc) is 2.10. The molecule has 0 aromatic carbocycles. The summed E-state index contributed by atoms with van der Waals surface area (Å²) >= 11 is 0. The van der Waals surface area contributed by atoms with Crippen LogP contribution in [0.25, 0.3) is 0 Å². The standard InChI is InChI=1S/C11H22O/c1-3-4-5-6-7-8-9-11(2)10-12/h9,12H,3-8,10H2,1-2H3. The summed E-state index contributed by atoms with van der Waals surface area (Å²) in [7, 11) is 0. The molecule has 0 spiro atoms. The minimum Gasteiger partial charge on any atom is -0.392 e. The zero-order valence-electron chi connectivity index (χ0n) is 8.47. The van der Waals surface area contributed by atoms with E-state index in [0.29, 0.717) is 0 Å². The summed E-state index contributed by atoms with van der Waals surface area (Å²) in [5.74, 6) is 0. The minimum atomic E-state index is 0.217. The van der Waals surface area contributed by atoms with Crippen LogP contribution in [0.4, 0.5) is 0 Å². The maximum atomic E-state index is 8.71. The van der Waals surface area contributed by atoms with E-state index in [1.54, 1.807) is 0 Å². The molecule has 0 rings (SSSR count). The van der Waals surface area contributed by atoms with Crippen LogP contribution in [0.3, 0.4) is 0 Å². The average molecular weight is 170 g/mol. The van der Waals surface area contributed by atoms with E-state index in [-0.39, 0.29) is 6.61 Å². The molecule has 0 unspecified atom stereocenters. The van der Waals surface area contributed by atoms with Crippen molar-refractivity contribution in [3.63, 3.8) is 0 Å². The molecular formula is C11H22O. The smallest absolute Gasteiger partial charge is 0.0639 e. The largest absolute Gasteiger partial charge is 0.392 e. The number of rotatable bonds is 7. The molecule has 1 nitrogen and oxygen atoms in total. The van der Waals surface area contributed by atoms with Crippen LogP contribution in [0.1, 0.15) is 52.4 Å². The predicted octanol–water partition coefficient (Wildman–Crippen LogP) is 3.29. The first-order valence-corrected chi connectivity index (χ1v) is 5.07. The van der Waals surface area contributed by atoms with Crippen molar-refractivity contribution in [3.05, 3.63) is 11.6 Å². The molecule has 72 valence electrons. The van der Waals surface area contributed by atoms with Gasteiger partial charge in [0, 0.05) is 0 Å². The number of hydrogen-bond acceptors (Lipinski definition) is 1. The van der Waals surface area contributed by atoms with Crippen LogP contribution >= 0.6 is 0 Å². The summed E-state index contributed by atoms with van der Waals surface area (Å²) in [6.45, 7) is 4.43. The highest BCUT2D eigenvalue weighted by atomic mass is 16.3. The molecule has 0 aliphatic heterocycles. The summed E-state index contributed by atoms with van der Waals surface area (Å²) in [5.41, 5.74) is 1.10. The number of aliphatic hydroxyl groups excluding tert-OH is 1. The molecule has 0 bridgehead atoms. The van der Waals surface area contributed by atoms with E-state index in [4.69, 9.17) is 5.11 Å². The van der Waals surface area contributed by atoms with Gasteiger partial charge in [-0.05, 0) is 19.8 Å². The Kier molecular flexibility index (Phi) is 8.57. The van der Waals surface area contributed by atoms with Crippen LogP contribution < -0.4 is 0 Å². The fourth-order valence-electron chi connectivity index (χ4n) is 1.16. The molecule has 0 aliphatic rings. The van der Waals surface area contributed by atoms with Crippen molar-refractivity contribution in [1.82, 2.24) is 0 Å². The molecule has 0 radical (unpaired) electrons. The monoisotopic (exact) mass is 170 g/mol. The lowest BCUT2D eigenvalue weighted by atomic mass is 10.1. The lowest BCUT2D eigenvalue weighted by molar-refractivity contribution is 0.331. The van der Waals surface area contributed by atoms with Crippen LogP contribution in [0, 0.1) is 0 Å². The van der Waals surface area contributed by atoms with Gasteiger partial charge in [-0.2, -0.15) is 0 Å². The van der Waals surface area contributed by atoms with Crippen molar-refractivity contribution < 1.29 is 5.11 Å². The summed E-state index contributed by atoms with van der Waals surface area (Å²) < 4.78 is 0. The van der Waals surface area contributed by atoms with Gasteiger partial charge in [-0.1, -0.05) is 44.3 Å². The van der Waals surface area contributed by atoms with Crippen LogP contribution in [0.15, 0.2) is 11.6 Å². The van der Waals surface area contributed by atoms with Crippen LogP contribution in [-0.2, 0) is 0 Å². The summed E-state index contributed by atoms with van der Waals surface area (Å²) in [6, 6.07) is 0. The second-order valence-electron chi connectivity index (χ2n) is 3.41. The molecule has 0 amide bonds. The maximum absolute atomic E-state index is 8.71. The quantitative estimate of drug-likeness (QED) is 0.459. The normalized spacial score (nSPS) is 12.1. The Morgan fingerprint density at radius 2 is 1.83 bits per heavy atom. The third-order valence-electron chi connectivity index (χ3n) is 2.05. The number of allylic oxidation sites excluding steroid dienone is 1. The predicted molar refractivity (Wildman–Crippen MR) is 54.2 cm³/mol. The van der Waals surface area contributed by atoms with Crippen molar-refractivity contribution in [3.8, 4) is 0 Å². The third-order valence-corrected chi connectivity index (χ3v) is 2.05. The highest BCUT2D eigenvalue weighted by Crippen LogP contribution is 2.06. The minimum absolute atomic E-state index is 0.217. The Morgan fingerprint density at radius 3 is 2.42 bits per heavy atom. The molecule has 1 N–H and O–H groups in total. The van der Waals surface area contributed by atoms with E-state index in [0.717, 1.165) is 12.0 Å². The zero-order chi connectivity index (χ0) is 9.23. The molecule has 0 saturated carbocycles. The molecule has 0 fully saturated rings. The lowest BCUT2D eigenvalue weighted by Gasteiger charge is -1.97. The molecule has 0 aliphatic carbocycles. The van der Waals surface area contributed by atoms with Gasteiger partial charge in [-0.25, -0.2) is 0 Å². The van der Waals surface area contributed by atoms with E-state index < -0.39 is 0 Å². The van der Waals surface area contributed by atoms with Gasteiger partial charge in [0.1, 0.15) is 0 Å². The molecule has 0 aromatic rings. The van der Waals surface area contributed by atoms with Crippen LogP contribution in [0.2, 0.25) is 0 Å². The van der Waals surface area contributed by atoms with Crippen molar-refractivity contribution in [2.45, 2.75) is 52.4 Å². The Hall–Kier alpha value is -0.300. The van der Waals surface area contributed by atoms with E-state index in [2.05, 4.69) is 13.0 Å². The highest BCUT2D eigenvalue weighted by molar-refractivity contribution is 4.97. The number of hydrogen-bond donors (Lipinski definition) is 1. The first-order valence-electron chi connectivity index (χ1n) is 5.07. The molecular weight excluding hydrogens is 148 g/mol. The number of unbranched alkanes of at least 4 members (excludes halogenated alkanes) is 5. The second kappa shape index (κ2) is 8.79. The Balaban J connectivity index is 3.10. The van der Waals surface area contributed by atoms with Gasteiger partial charge in [0.05, 0.1) is 6.61 Å². The molecule has 12 heavy (non-hydrogen) atoms. The first kappa shape index (κ1) is 11.7. The van der Waals surface area contributed by atoms with Crippen molar-refractivity contribution >= 4 is 0 Å². The van der Waals surface area contributed by atoms with Crippen molar-refractivity contribution in [1.29, 1.82) is 0 Å². The van der Waals surface area contributed by atoms with Gasteiger partial charge in [0.2, 0.25) is 0 Å². The molecule has 0 heterocycles.